The lowest BCUT2D eigenvalue weighted by molar-refractivity contribution is 0.0870. The van der Waals surface area contributed by atoms with Crippen molar-refractivity contribution in [2.75, 3.05) is 13.2 Å². The Bertz CT molecular complexity index is 318. The van der Waals surface area contributed by atoms with E-state index in [2.05, 4.69) is 5.32 Å². The monoisotopic (exact) mass is 212 g/mol. The van der Waals surface area contributed by atoms with Crippen LogP contribution in [0.2, 0.25) is 0 Å². The number of aliphatic hydroxyl groups excluding tert-OH is 2. The Balaban J connectivity index is 2.68. The molecule has 0 aromatic carbocycles. The van der Waals surface area contributed by atoms with E-state index in [9.17, 15) is 4.79 Å². The molecule has 1 aromatic rings. The molecule has 0 saturated heterocycles. The minimum atomic E-state index is -0.599. The van der Waals surface area contributed by atoms with Gasteiger partial charge in [-0.2, -0.15) is 0 Å². The number of nitrogens with zero attached hydrogens (tertiary/aromatic N) is 1. The number of rotatable bonds is 5. The number of aromatic nitrogens is 1. The zero-order valence-corrected chi connectivity index (χ0v) is 8.68. The SMILES string of the molecule is CCn1cccc1C(=O)NC(CO)CO. The van der Waals surface area contributed by atoms with Gasteiger partial charge in [0.1, 0.15) is 5.69 Å². The zero-order chi connectivity index (χ0) is 11.3. The molecule has 1 rings (SSSR count). The van der Waals surface area contributed by atoms with Crippen LogP contribution in [0.15, 0.2) is 18.3 Å². The lowest BCUT2D eigenvalue weighted by atomic mass is 10.3. The summed E-state index contributed by atoms with van der Waals surface area (Å²) in [6, 6.07) is 2.88. The minimum Gasteiger partial charge on any atom is -0.394 e. The number of carbonyl (C=O) groups excluding carboxylic acids is 1. The predicted molar refractivity (Wildman–Crippen MR) is 55.5 cm³/mol. The van der Waals surface area contributed by atoms with Crippen LogP contribution in [0.25, 0.3) is 0 Å². The van der Waals surface area contributed by atoms with Gasteiger partial charge in [-0.3, -0.25) is 4.79 Å². The average molecular weight is 212 g/mol. The Kier molecular flexibility index (Phi) is 4.33. The van der Waals surface area contributed by atoms with E-state index in [1.54, 1.807) is 16.7 Å². The summed E-state index contributed by atoms with van der Waals surface area (Å²) in [6.07, 6.45) is 1.81. The van der Waals surface area contributed by atoms with E-state index in [0.29, 0.717) is 12.2 Å². The van der Waals surface area contributed by atoms with Crippen LogP contribution in [0.1, 0.15) is 17.4 Å². The molecule has 84 valence electrons. The van der Waals surface area contributed by atoms with Gasteiger partial charge < -0.3 is 20.1 Å². The van der Waals surface area contributed by atoms with Gasteiger partial charge in [-0.1, -0.05) is 0 Å². The lowest BCUT2D eigenvalue weighted by Crippen LogP contribution is -2.40. The molecule has 0 aliphatic carbocycles. The maximum atomic E-state index is 11.7. The van der Waals surface area contributed by atoms with E-state index in [4.69, 9.17) is 10.2 Å². The Hall–Kier alpha value is -1.33. The Labute approximate surface area is 88.3 Å². The third-order valence-corrected chi connectivity index (χ3v) is 2.18. The predicted octanol–water partition coefficient (Wildman–Crippen LogP) is -0.409. The summed E-state index contributed by atoms with van der Waals surface area (Å²) in [7, 11) is 0. The Morgan fingerprint density at radius 2 is 2.20 bits per heavy atom. The Morgan fingerprint density at radius 3 is 2.73 bits per heavy atom. The Morgan fingerprint density at radius 1 is 1.53 bits per heavy atom. The molecule has 1 heterocycles. The van der Waals surface area contributed by atoms with Crippen molar-refractivity contribution in [3.63, 3.8) is 0 Å². The molecule has 0 bridgehead atoms. The highest BCUT2D eigenvalue weighted by Crippen LogP contribution is 2.02. The molecule has 5 heteroatoms. The smallest absolute Gasteiger partial charge is 0.268 e. The quantitative estimate of drug-likeness (QED) is 0.621. The zero-order valence-electron chi connectivity index (χ0n) is 8.68. The summed E-state index contributed by atoms with van der Waals surface area (Å²) in [5.41, 5.74) is 0.532. The highest BCUT2D eigenvalue weighted by molar-refractivity contribution is 5.92. The minimum absolute atomic E-state index is 0.269. The fraction of sp³-hybridized carbons (Fsp3) is 0.500. The molecule has 0 radical (unpaired) electrons. The molecule has 15 heavy (non-hydrogen) atoms. The molecule has 1 aromatic heterocycles. The van der Waals surface area contributed by atoms with Crippen molar-refractivity contribution in [3.05, 3.63) is 24.0 Å². The second-order valence-electron chi connectivity index (χ2n) is 3.21. The first-order valence-electron chi connectivity index (χ1n) is 4.90. The molecule has 0 aliphatic rings. The number of carbonyl (C=O) groups is 1. The molecule has 0 unspecified atom stereocenters. The number of aliphatic hydroxyl groups is 2. The largest absolute Gasteiger partial charge is 0.394 e. The second-order valence-corrected chi connectivity index (χ2v) is 3.21. The van der Waals surface area contributed by atoms with Crippen molar-refractivity contribution in [3.8, 4) is 0 Å². The molecule has 5 nitrogen and oxygen atoms in total. The standard InChI is InChI=1S/C10H16N2O3/c1-2-12-5-3-4-9(12)10(15)11-8(6-13)7-14/h3-5,8,13-14H,2,6-7H2,1H3,(H,11,15). The van der Waals surface area contributed by atoms with E-state index in [0.717, 1.165) is 0 Å². The van der Waals surface area contributed by atoms with Gasteiger partial charge in [0.05, 0.1) is 19.3 Å². The van der Waals surface area contributed by atoms with Gasteiger partial charge in [0.15, 0.2) is 0 Å². The summed E-state index contributed by atoms with van der Waals surface area (Å²) in [4.78, 5) is 11.7. The molecular weight excluding hydrogens is 196 g/mol. The van der Waals surface area contributed by atoms with E-state index in [-0.39, 0.29) is 19.1 Å². The lowest BCUT2D eigenvalue weighted by Gasteiger charge is -2.14. The van der Waals surface area contributed by atoms with Crippen molar-refractivity contribution in [1.82, 2.24) is 9.88 Å². The number of amides is 1. The van der Waals surface area contributed by atoms with Gasteiger partial charge >= 0.3 is 0 Å². The summed E-state index contributed by atoms with van der Waals surface area (Å²) in [6.45, 7) is 2.11. The fourth-order valence-electron chi connectivity index (χ4n) is 1.30. The van der Waals surface area contributed by atoms with Crippen molar-refractivity contribution in [2.45, 2.75) is 19.5 Å². The van der Waals surface area contributed by atoms with E-state index in [1.165, 1.54) is 0 Å². The van der Waals surface area contributed by atoms with Crippen LogP contribution < -0.4 is 5.32 Å². The maximum Gasteiger partial charge on any atom is 0.268 e. The summed E-state index contributed by atoms with van der Waals surface area (Å²) < 4.78 is 1.79. The first-order valence-corrected chi connectivity index (χ1v) is 4.90. The average Bonchev–Trinajstić information content (AvgIpc) is 2.73. The third-order valence-electron chi connectivity index (χ3n) is 2.18. The van der Waals surface area contributed by atoms with E-state index >= 15 is 0 Å². The molecular formula is C10H16N2O3. The van der Waals surface area contributed by atoms with Gasteiger partial charge in [-0.25, -0.2) is 0 Å². The van der Waals surface area contributed by atoms with Crippen molar-refractivity contribution in [1.29, 1.82) is 0 Å². The summed E-state index contributed by atoms with van der Waals surface area (Å²) >= 11 is 0. The van der Waals surface area contributed by atoms with Crippen LogP contribution >= 0.6 is 0 Å². The number of hydrogen-bond acceptors (Lipinski definition) is 3. The molecule has 0 atom stereocenters. The van der Waals surface area contributed by atoms with E-state index < -0.39 is 6.04 Å². The van der Waals surface area contributed by atoms with Crippen LogP contribution in [0.3, 0.4) is 0 Å². The first kappa shape index (κ1) is 11.7. The topological polar surface area (TPSA) is 74.5 Å². The number of nitrogens with one attached hydrogen (secondary N) is 1. The number of aryl methyl sites for hydroxylation is 1. The molecule has 0 saturated carbocycles. The fourth-order valence-corrected chi connectivity index (χ4v) is 1.30. The van der Waals surface area contributed by atoms with Crippen LogP contribution in [-0.2, 0) is 6.54 Å². The van der Waals surface area contributed by atoms with Crippen LogP contribution in [0, 0.1) is 0 Å². The van der Waals surface area contributed by atoms with Crippen molar-refractivity contribution in [2.24, 2.45) is 0 Å². The molecule has 3 N–H and O–H groups in total. The maximum absolute atomic E-state index is 11.7. The van der Waals surface area contributed by atoms with Gasteiger partial charge in [-0.15, -0.1) is 0 Å². The van der Waals surface area contributed by atoms with Crippen LogP contribution in [0.4, 0.5) is 0 Å². The summed E-state index contributed by atoms with van der Waals surface area (Å²) in [5, 5.41) is 20.2. The molecule has 1 amide bonds. The van der Waals surface area contributed by atoms with Gasteiger partial charge in [0.2, 0.25) is 0 Å². The molecule has 0 fully saturated rings. The van der Waals surface area contributed by atoms with Crippen molar-refractivity contribution >= 4 is 5.91 Å². The van der Waals surface area contributed by atoms with Gasteiger partial charge in [-0.05, 0) is 19.1 Å². The van der Waals surface area contributed by atoms with Crippen LogP contribution in [-0.4, -0.2) is 39.9 Å². The summed E-state index contributed by atoms with van der Waals surface area (Å²) in [5.74, 6) is -0.282. The van der Waals surface area contributed by atoms with Crippen LogP contribution in [0.5, 0.6) is 0 Å². The first-order chi connectivity index (χ1) is 7.22. The van der Waals surface area contributed by atoms with E-state index in [1.807, 2.05) is 13.1 Å². The number of hydrogen-bond donors (Lipinski definition) is 3. The highest BCUT2D eigenvalue weighted by Gasteiger charge is 2.14. The van der Waals surface area contributed by atoms with Gasteiger partial charge in [0, 0.05) is 12.7 Å². The third kappa shape index (κ3) is 2.81. The normalized spacial score (nSPS) is 10.7. The molecule has 0 aliphatic heterocycles. The van der Waals surface area contributed by atoms with Crippen molar-refractivity contribution < 1.29 is 15.0 Å². The molecule has 0 spiro atoms. The second kappa shape index (κ2) is 5.53. The van der Waals surface area contributed by atoms with Gasteiger partial charge in [0.25, 0.3) is 5.91 Å². The highest BCUT2D eigenvalue weighted by atomic mass is 16.3.